The molecule has 2 aliphatic rings. The fourth-order valence-electron chi connectivity index (χ4n) is 7.89. The van der Waals surface area contributed by atoms with Crippen molar-refractivity contribution in [3.8, 4) is 27.9 Å². The van der Waals surface area contributed by atoms with Crippen molar-refractivity contribution in [2.24, 2.45) is 0 Å². The maximum Gasteiger partial charge on any atom is 0.0530 e. The number of hydrogen-bond donors (Lipinski definition) is 0. The molecule has 228 valence electrons. The second-order valence-corrected chi connectivity index (χ2v) is 16.1. The summed E-state index contributed by atoms with van der Waals surface area (Å²) >= 11 is 0. The SMILES string of the molecule is CC(C)(C)c1ccc2c(c1)C(C)(C)c1cccc(/C=C/CC3(C)c4cc(C(C)(C)C)ccc4-c4c(-n5cccc5)cccc43)c1-2. The summed E-state index contributed by atoms with van der Waals surface area (Å²) in [4.78, 5) is 0. The molecule has 0 saturated heterocycles. The van der Waals surface area contributed by atoms with Crippen LogP contribution in [0.2, 0.25) is 0 Å². The minimum atomic E-state index is -0.137. The van der Waals surface area contributed by atoms with Crippen LogP contribution in [-0.4, -0.2) is 4.57 Å². The van der Waals surface area contributed by atoms with Crippen LogP contribution in [0.1, 0.15) is 108 Å². The third kappa shape index (κ3) is 4.58. The molecule has 0 bridgehead atoms. The van der Waals surface area contributed by atoms with E-state index in [2.05, 4.69) is 176 Å². The number of hydrogen-bond acceptors (Lipinski definition) is 0. The van der Waals surface area contributed by atoms with Gasteiger partial charge >= 0.3 is 0 Å². The van der Waals surface area contributed by atoms with Crippen LogP contribution in [0, 0.1) is 0 Å². The van der Waals surface area contributed by atoms with Gasteiger partial charge in [0.1, 0.15) is 0 Å². The molecule has 2 aliphatic carbocycles. The van der Waals surface area contributed by atoms with E-state index in [4.69, 9.17) is 0 Å². The maximum absolute atomic E-state index is 2.49. The highest BCUT2D eigenvalue weighted by molar-refractivity contribution is 5.89. The lowest BCUT2D eigenvalue weighted by molar-refractivity contribution is 0.574. The zero-order valence-electron chi connectivity index (χ0n) is 28.5. The number of allylic oxidation sites excluding steroid dienone is 1. The molecule has 5 aromatic rings. The van der Waals surface area contributed by atoms with E-state index in [0.29, 0.717) is 0 Å². The van der Waals surface area contributed by atoms with Crippen molar-refractivity contribution in [1.29, 1.82) is 0 Å². The zero-order valence-corrected chi connectivity index (χ0v) is 28.5. The molecule has 0 spiro atoms. The predicted molar refractivity (Wildman–Crippen MR) is 193 cm³/mol. The molecular formula is C44H47N. The first-order chi connectivity index (χ1) is 21.2. The van der Waals surface area contributed by atoms with Crippen molar-refractivity contribution < 1.29 is 0 Å². The van der Waals surface area contributed by atoms with Gasteiger partial charge in [0.25, 0.3) is 0 Å². The summed E-state index contributed by atoms with van der Waals surface area (Å²) in [5.41, 5.74) is 16.7. The van der Waals surface area contributed by atoms with E-state index >= 15 is 0 Å². The van der Waals surface area contributed by atoms with Gasteiger partial charge in [0.15, 0.2) is 0 Å². The van der Waals surface area contributed by atoms with E-state index in [1.54, 1.807) is 0 Å². The normalized spacial score (nSPS) is 18.2. The Morgan fingerprint density at radius 3 is 1.82 bits per heavy atom. The van der Waals surface area contributed by atoms with Gasteiger partial charge in [0, 0.05) is 28.8 Å². The van der Waals surface area contributed by atoms with Crippen LogP contribution in [0.4, 0.5) is 0 Å². The molecular weight excluding hydrogens is 542 g/mol. The molecule has 1 atom stereocenters. The first kappa shape index (κ1) is 29.6. The molecule has 1 heterocycles. The molecule has 0 aliphatic heterocycles. The molecule has 0 fully saturated rings. The summed E-state index contributed by atoms with van der Waals surface area (Å²) in [5, 5.41) is 0. The summed E-state index contributed by atoms with van der Waals surface area (Å²) < 4.78 is 2.26. The third-order valence-corrected chi connectivity index (χ3v) is 10.7. The minimum Gasteiger partial charge on any atom is -0.323 e. The molecule has 1 unspecified atom stereocenters. The van der Waals surface area contributed by atoms with Crippen LogP contribution in [-0.2, 0) is 21.7 Å². The summed E-state index contributed by atoms with van der Waals surface area (Å²) in [7, 11) is 0. The molecule has 1 aromatic heterocycles. The average Bonchev–Trinajstić information content (AvgIpc) is 3.67. The maximum atomic E-state index is 2.49. The van der Waals surface area contributed by atoms with Crippen molar-refractivity contribution in [2.45, 2.75) is 90.4 Å². The van der Waals surface area contributed by atoms with Crippen molar-refractivity contribution in [1.82, 2.24) is 4.57 Å². The van der Waals surface area contributed by atoms with Gasteiger partial charge in [0.05, 0.1) is 5.69 Å². The number of fused-ring (bicyclic) bond motifs is 6. The van der Waals surface area contributed by atoms with Gasteiger partial charge in [-0.25, -0.2) is 0 Å². The Balaban J connectivity index is 1.33. The zero-order chi connectivity index (χ0) is 31.9. The van der Waals surface area contributed by atoms with E-state index in [9.17, 15) is 0 Å². The van der Waals surface area contributed by atoms with Gasteiger partial charge in [-0.15, -0.1) is 0 Å². The van der Waals surface area contributed by atoms with Crippen LogP contribution in [0.5, 0.6) is 0 Å². The van der Waals surface area contributed by atoms with Crippen LogP contribution in [0.15, 0.2) is 103 Å². The Morgan fingerprint density at radius 1 is 0.600 bits per heavy atom. The molecule has 45 heavy (non-hydrogen) atoms. The lowest BCUT2D eigenvalue weighted by Crippen LogP contribution is -2.21. The summed E-state index contributed by atoms with van der Waals surface area (Å²) in [6.07, 6.45) is 10.1. The predicted octanol–water partition coefficient (Wildman–Crippen LogP) is 11.8. The summed E-state index contributed by atoms with van der Waals surface area (Å²) in [6, 6.07) is 32.4. The number of rotatable bonds is 4. The molecule has 0 amide bonds. The van der Waals surface area contributed by atoms with Gasteiger partial charge in [-0.1, -0.05) is 141 Å². The molecule has 0 saturated carbocycles. The average molecular weight is 590 g/mol. The fraction of sp³-hybridized carbons (Fsp3) is 0.318. The van der Waals surface area contributed by atoms with E-state index in [0.717, 1.165) is 6.42 Å². The van der Waals surface area contributed by atoms with E-state index in [1.807, 2.05) is 0 Å². The van der Waals surface area contributed by atoms with Crippen LogP contribution < -0.4 is 0 Å². The van der Waals surface area contributed by atoms with E-state index in [1.165, 1.54) is 66.9 Å². The highest BCUT2D eigenvalue weighted by atomic mass is 14.9. The van der Waals surface area contributed by atoms with Crippen molar-refractivity contribution >= 4 is 6.08 Å². The van der Waals surface area contributed by atoms with Gasteiger partial charge < -0.3 is 4.57 Å². The number of nitrogens with zero attached hydrogens (tertiary/aromatic N) is 1. The Kier molecular flexibility index (Phi) is 6.54. The molecule has 1 heteroatoms. The molecule has 1 nitrogen and oxygen atoms in total. The van der Waals surface area contributed by atoms with Crippen LogP contribution in [0.25, 0.3) is 34.0 Å². The quantitative estimate of drug-likeness (QED) is 0.196. The van der Waals surface area contributed by atoms with Crippen LogP contribution >= 0.6 is 0 Å². The molecule has 0 radical (unpaired) electrons. The Bertz CT molecular complexity index is 1970. The first-order valence-electron chi connectivity index (χ1n) is 16.6. The van der Waals surface area contributed by atoms with Gasteiger partial charge in [-0.2, -0.15) is 0 Å². The van der Waals surface area contributed by atoms with Crippen molar-refractivity contribution in [2.75, 3.05) is 0 Å². The third-order valence-electron chi connectivity index (χ3n) is 10.7. The highest BCUT2D eigenvalue weighted by Crippen LogP contribution is 2.54. The van der Waals surface area contributed by atoms with Gasteiger partial charge in [-0.05, 0) is 91.1 Å². The topological polar surface area (TPSA) is 4.93 Å². The van der Waals surface area contributed by atoms with Crippen molar-refractivity contribution in [3.63, 3.8) is 0 Å². The minimum absolute atomic E-state index is 0.0245. The van der Waals surface area contributed by atoms with Crippen LogP contribution in [0.3, 0.4) is 0 Å². The van der Waals surface area contributed by atoms with E-state index in [-0.39, 0.29) is 21.7 Å². The van der Waals surface area contributed by atoms with Gasteiger partial charge in [-0.3, -0.25) is 0 Å². The molecule has 4 aromatic carbocycles. The largest absolute Gasteiger partial charge is 0.323 e. The summed E-state index contributed by atoms with van der Waals surface area (Å²) in [6.45, 7) is 21.1. The summed E-state index contributed by atoms with van der Waals surface area (Å²) in [5.74, 6) is 0. The van der Waals surface area contributed by atoms with Gasteiger partial charge in [0.2, 0.25) is 0 Å². The smallest absolute Gasteiger partial charge is 0.0530 e. The second-order valence-electron chi connectivity index (χ2n) is 16.1. The standard InChI is InChI=1S/C44H47N/c1-41(2,3)30-20-22-32-36(27-30)43(7,8)34-17-12-15-29(39(32)34)16-14-24-44(9)35-18-13-19-38(45-25-10-11-26-45)40(35)33-23-21-31(28-37(33)44)42(4,5)6/h10-23,25-28H,24H2,1-9H3/b16-14+. The van der Waals surface area contributed by atoms with E-state index < -0.39 is 0 Å². The number of benzene rings is 4. The first-order valence-corrected chi connectivity index (χ1v) is 16.6. The Morgan fingerprint density at radius 2 is 1.18 bits per heavy atom. The monoisotopic (exact) mass is 589 g/mol. The lowest BCUT2D eigenvalue weighted by Gasteiger charge is -2.28. The molecule has 7 rings (SSSR count). The Labute approximate surface area is 270 Å². The Hall–Kier alpha value is -4.10. The fourth-order valence-corrected chi connectivity index (χ4v) is 7.89. The molecule has 0 N–H and O–H groups in total. The highest BCUT2D eigenvalue weighted by Gasteiger charge is 2.41. The number of aromatic nitrogens is 1. The lowest BCUT2D eigenvalue weighted by atomic mass is 9.75. The van der Waals surface area contributed by atoms with Crippen molar-refractivity contribution in [3.05, 3.63) is 142 Å². The second kappa shape index (κ2) is 9.95.